The van der Waals surface area contributed by atoms with Gasteiger partial charge in [-0.3, -0.25) is 5.41 Å². The van der Waals surface area contributed by atoms with E-state index < -0.39 is 5.97 Å². The Morgan fingerprint density at radius 2 is 2.03 bits per heavy atom. The fourth-order valence-electron chi connectivity index (χ4n) is 3.54. The lowest BCUT2D eigenvalue weighted by Crippen LogP contribution is -2.26. The Bertz CT molecular complexity index is 1180. The van der Waals surface area contributed by atoms with E-state index in [4.69, 9.17) is 10.1 Å². The zero-order chi connectivity index (χ0) is 21.4. The van der Waals surface area contributed by atoms with Gasteiger partial charge in [-0.1, -0.05) is 25.1 Å². The van der Waals surface area contributed by atoms with Crippen molar-refractivity contribution < 1.29 is 14.6 Å². The Labute approximate surface area is 174 Å². The van der Waals surface area contributed by atoms with Gasteiger partial charge in [-0.25, -0.2) is 9.78 Å². The smallest absolute Gasteiger partial charge is 0.338 e. The maximum atomic E-state index is 12.4. The average molecular weight is 404 g/mol. The number of ether oxygens (including phenoxy) is 1. The number of aryl methyl sites for hydroxylation is 1. The van der Waals surface area contributed by atoms with Crippen molar-refractivity contribution in [1.82, 2.24) is 9.55 Å². The molecule has 0 aliphatic carbocycles. The van der Waals surface area contributed by atoms with Gasteiger partial charge < -0.3 is 19.3 Å². The van der Waals surface area contributed by atoms with Crippen LogP contribution < -0.4 is 4.90 Å². The van der Waals surface area contributed by atoms with Crippen LogP contribution in [0, 0.1) is 5.41 Å². The van der Waals surface area contributed by atoms with Gasteiger partial charge in [0.25, 0.3) is 0 Å². The van der Waals surface area contributed by atoms with Crippen LogP contribution in [0.25, 0.3) is 16.6 Å². The summed E-state index contributed by atoms with van der Waals surface area (Å²) >= 11 is 0. The van der Waals surface area contributed by atoms with E-state index in [-0.39, 0.29) is 24.2 Å². The number of carbonyl (C=O) groups excluding carboxylic acids is 1. The molecule has 1 unspecified atom stereocenters. The molecule has 1 aliphatic rings. The maximum absolute atomic E-state index is 12.4. The van der Waals surface area contributed by atoms with Gasteiger partial charge in [0.15, 0.2) is 0 Å². The number of nitrogens with zero attached hydrogens (tertiary/aromatic N) is 3. The summed E-state index contributed by atoms with van der Waals surface area (Å²) in [6, 6.07) is 14.6. The number of fused-ring (bicyclic) bond motifs is 1. The first kappa shape index (κ1) is 19.7. The third-order valence-corrected chi connectivity index (χ3v) is 5.39. The first-order valence-corrected chi connectivity index (χ1v) is 9.92. The van der Waals surface area contributed by atoms with Crippen LogP contribution in [-0.4, -0.2) is 39.1 Å². The molecule has 1 aliphatic heterocycles. The van der Waals surface area contributed by atoms with Gasteiger partial charge in [-0.15, -0.1) is 0 Å². The molecular weight excluding hydrogens is 380 g/mol. The lowest BCUT2D eigenvalue weighted by Gasteiger charge is -2.20. The minimum Gasteiger partial charge on any atom is -0.509 e. The first-order chi connectivity index (χ1) is 14.4. The maximum Gasteiger partial charge on any atom is 0.338 e. The molecule has 1 atom stereocenters. The molecule has 2 N–H and O–H groups in total. The number of para-hydroxylation sites is 2. The van der Waals surface area contributed by atoms with E-state index in [1.165, 1.54) is 0 Å². The highest BCUT2D eigenvalue weighted by atomic mass is 16.5. The zero-order valence-electron chi connectivity index (χ0n) is 17.2. The molecule has 0 saturated heterocycles. The van der Waals surface area contributed by atoms with E-state index >= 15 is 0 Å². The normalized spacial score (nSPS) is 15.2. The van der Waals surface area contributed by atoms with Crippen molar-refractivity contribution in [2.75, 3.05) is 11.4 Å². The minimum atomic E-state index is -0.398. The molecule has 3 aromatic rings. The van der Waals surface area contributed by atoms with Crippen LogP contribution in [0.4, 0.5) is 5.69 Å². The highest BCUT2D eigenvalue weighted by molar-refractivity contribution is 6.30. The molecular formula is C23H24N4O3. The molecule has 2 aromatic carbocycles. The number of benzene rings is 2. The summed E-state index contributed by atoms with van der Waals surface area (Å²) in [5.41, 5.74) is 3.17. The number of carbonyl (C=O) groups is 1. The molecule has 2 heterocycles. The van der Waals surface area contributed by atoms with Gasteiger partial charge in [0.1, 0.15) is 17.4 Å². The molecule has 0 spiro atoms. The zero-order valence-corrected chi connectivity index (χ0v) is 17.2. The quantitative estimate of drug-likeness (QED) is 0.619. The number of hydrogen-bond donors (Lipinski definition) is 2. The Morgan fingerprint density at radius 3 is 2.77 bits per heavy atom. The van der Waals surface area contributed by atoms with E-state index in [1.807, 2.05) is 49.7 Å². The van der Waals surface area contributed by atoms with Crippen molar-refractivity contribution in [1.29, 1.82) is 5.41 Å². The van der Waals surface area contributed by atoms with Crippen molar-refractivity contribution >= 4 is 34.1 Å². The predicted molar refractivity (Wildman–Crippen MR) is 117 cm³/mol. The van der Waals surface area contributed by atoms with Crippen molar-refractivity contribution in [2.24, 2.45) is 7.05 Å². The third kappa shape index (κ3) is 3.32. The number of aliphatic hydroxyl groups excluding tert-OH is 1. The van der Waals surface area contributed by atoms with E-state index in [0.29, 0.717) is 22.6 Å². The van der Waals surface area contributed by atoms with Crippen LogP contribution in [0.1, 0.15) is 36.5 Å². The summed E-state index contributed by atoms with van der Waals surface area (Å²) in [4.78, 5) is 18.7. The van der Waals surface area contributed by atoms with Crippen LogP contribution in [0.5, 0.6) is 0 Å². The molecule has 7 heteroatoms. The van der Waals surface area contributed by atoms with Gasteiger partial charge >= 0.3 is 5.97 Å². The lowest BCUT2D eigenvalue weighted by atomic mass is 10.1. The highest BCUT2D eigenvalue weighted by Gasteiger charge is 2.32. The summed E-state index contributed by atoms with van der Waals surface area (Å²) in [5.74, 6) is 0.350. The summed E-state index contributed by atoms with van der Waals surface area (Å²) in [6.07, 6.45) is 0.572. The van der Waals surface area contributed by atoms with E-state index in [9.17, 15) is 9.90 Å². The average Bonchev–Trinajstić information content (AvgIpc) is 3.23. The molecule has 7 nitrogen and oxygen atoms in total. The van der Waals surface area contributed by atoms with Gasteiger partial charge in [-0.2, -0.15) is 0 Å². The standard InChI is InChI=1S/C23H24N4O3/c1-4-14(2)30-23(29)15-8-7-9-16(12-15)27-13-19(28)20(21(27)24)22-25-17-10-5-6-11-18(17)26(22)3/h5-12,14,24,28H,4,13H2,1-3H3. The Kier molecular flexibility index (Phi) is 5.03. The predicted octanol–water partition coefficient (Wildman–Crippen LogP) is 4.30. The molecule has 0 amide bonds. The number of imidazole rings is 1. The molecule has 1 aromatic heterocycles. The fourth-order valence-corrected chi connectivity index (χ4v) is 3.54. The van der Waals surface area contributed by atoms with Crippen LogP contribution >= 0.6 is 0 Å². The Hall–Kier alpha value is -3.61. The van der Waals surface area contributed by atoms with Gasteiger partial charge in [0, 0.05) is 12.7 Å². The highest BCUT2D eigenvalue weighted by Crippen LogP contribution is 2.32. The van der Waals surface area contributed by atoms with Crippen LogP contribution in [0.3, 0.4) is 0 Å². The summed E-state index contributed by atoms with van der Waals surface area (Å²) in [5, 5.41) is 19.4. The Balaban J connectivity index is 1.64. The van der Waals surface area contributed by atoms with Crippen molar-refractivity contribution in [2.45, 2.75) is 26.4 Å². The third-order valence-electron chi connectivity index (χ3n) is 5.39. The van der Waals surface area contributed by atoms with Crippen molar-refractivity contribution in [3.8, 4) is 0 Å². The number of esters is 1. The number of nitrogens with one attached hydrogen (secondary N) is 1. The topological polar surface area (TPSA) is 91.4 Å². The minimum absolute atomic E-state index is 0.0750. The van der Waals surface area contributed by atoms with Crippen molar-refractivity contribution in [3.05, 3.63) is 65.7 Å². The number of amidine groups is 1. The molecule has 0 fully saturated rings. The van der Waals surface area contributed by atoms with E-state index in [1.54, 1.807) is 29.2 Å². The largest absolute Gasteiger partial charge is 0.509 e. The summed E-state index contributed by atoms with van der Waals surface area (Å²) in [7, 11) is 1.87. The SMILES string of the molecule is CCC(C)OC(=O)c1cccc(N2CC(O)=C(c3nc4ccccc4n3C)C2=N)c1. The van der Waals surface area contributed by atoms with Gasteiger partial charge in [0.2, 0.25) is 0 Å². The van der Waals surface area contributed by atoms with Crippen LogP contribution in [-0.2, 0) is 11.8 Å². The lowest BCUT2D eigenvalue weighted by molar-refractivity contribution is 0.0334. The number of anilines is 1. The van der Waals surface area contributed by atoms with Crippen molar-refractivity contribution in [3.63, 3.8) is 0 Å². The van der Waals surface area contributed by atoms with Crippen LogP contribution in [0.15, 0.2) is 54.3 Å². The monoisotopic (exact) mass is 404 g/mol. The number of aliphatic hydroxyl groups is 1. The summed E-state index contributed by atoms with van der Waals surface area (Å²) < 4.78 is 7.28. The molecule has 0 bridgehead atoms. The number of hydrogen-bond acceptors (Lipinski definition) is 5. The second-order valence-electron chi connectivity index (χ2n) is 7.41. The second kappa shape index (κ2) is 7.67. The summed E-state index contributed by atoms with van der Waals surface area (Å²) in [6.45, 7) is 3.95. The molecule has 30 heavy (non-hydrogen) atoms. The molecule has 0 radical (unpaired) electrons. The van der Waals surface area contributed by atoms with Gasteiger partial charge in [-0.05, 0) is 43.7 Å². The Morgan fingerprint density at radius 1 is 1.27 bits per heavy atom. The molecule has 154 valence electrons. The van der Waals surface area contributed by atoms with Gasteiger partial charge in [0.05, 0.1) is 34.8 Å². The number of aromatic nitrogens is 2. The second-order valence-corrected chi connectivity index (χ2v) is 7.41. The van der Waals surface area contributed by atoms with E-state index in [0.717, 1.165) is 17.5 Å². The first-order valence-electron chi connectivity index (χ1n) is 9.92. The van der Waals surface area contributed by atoms with E-state index in [2.05, 4.69) is 4.98 Å². The number of rotatable bonds is 5. The molecule has 4 rings (SSSR count). The van der Waals surface area contributed by atoms with Crippen LogP contribution in [0.2, 0.25) is 0 Å². The molecule has 0 saturated carbocycles. The fraction of sp³-hybridized carbons (Fsp3) is 0.261.